The number of thiophene rings is 1. The molecular weight excluding hydrogens is 278 g/mol. The molecule has 0 bridgehead atoms. The van der Waals surface area contributed by atoms with Gasteiger partial charge in [0, 0.05) is 16.6 Å². The van der Waals surface area contributed by atoms with Crippen LogP contribution in [0.2, 0.25) is 5.02 Å². The van der Waals surface area contributed by atoms with E-state index < -0.39 is 5.41 Å². The van der Waals surface area contributed by atoms with E-state index in [-0.39, 0.29) is 5.91 Å². The third-order valence-corrected chi connectivity index (χ3v) is 4.94. The van der Waals surface area contributed by atoms with Crippen molar-refractivity contribution in [3.8, 4) is 0 Å². The van der Waals surface area contributed by atoms with Gasteiger partial charge in [-0.15, -0.1) is 0 Å². The number of nitrogens with zero attached hydrogens (tertiary/aromatic N) is 1. The molecule has 1 aliphatic heterocycles. The van der Waals surface area contributed by atoms with Crippen LogP contribution in [0.3, 0.4) is 0 Å². The highest BCUT2D eigenvalue weighted by Gasteiger charge is 2.43. The zero-order valence-electron chi connectivity index (χ0n) is 10.8. The lowest BCUT2D eigenvalue weighted by molar-refractivity contribution is -0.122. The van der Waals surface area contributed by atoms with Crippen LogP contribution in [-0.2, 0) is 16.8 Å². The van der Waals surface area contributed by atoms with Crippen molar-refractivity contribution in [2.45, 2.75) is 25.8 Å². The normalized spacial score (nSPS) is 16.8. The Hall–Kier alpha value is -1.32. The van der Waals surface area contributed by atoms with Crippen molar-refractivity contribution < 1.29 is 4.79 Å². The topological polar surface area (TPSA) is 20.3 Å². The third kappa shape index (κ3) is 1.88. The minimum Gasteiger partial charge on any atom is -0.307 e. The summed E-state index contributed by atoms with van der Waals surface area (Å²) in [6, 6.07) is 7.98. The van der Waals surface area contributed by atoms with E-state index in [1.54, 1.807) is 11.3 Å². The van der Waals surface area contributed by atoms with Crippen molar-refractivity contribution in [3.05, 3.63) is 51.2 Å². The van der Waals surface area contributed by atoms with E-state index in [0.717, 1.165) is 21.8 Å². The number of hydrogen-bond acceptors (Lipinski definition) is 2. The Morgan fingerprint density at radius 2 is 2.00 bits per heavy atom. The summed E-state index contributed by atoms with van der Waals surface area (Å²) in [5, 5.41) is 4.64. The van der Waals surface area contributed by atoms with Crippen LogP contribution < -0.4 is 4.90 Å². The first-order chi connectivity index (χ1) is 9.01. The number of amides is 1. The molecule has 0 radical (unpaired) electrons. The largest absolute Gasteiger partial charge is 0.307 e. The average molecular weight is 292 g/mol. The first-order valence-corrected chi connectivity index (χ1v) is 7.46. The van der Waals surface area contributed by atoms with E-state index >= 15 is 0 Å². The van der Waals surface area contributed by atoms with Gasteiger partial charge in [0.2, 0.25) is 5.91 Å². The number of rotatable bonds is 2. The van der Waals surface area contributed by atoms with Gasteiger partial charge in [-0.2, -0.15) is 11.3 Å². The number of anilines is 1. The lowest BCUT2D eigenvalue weighted by Crippen LogP contribution is -2.35. The summed E-state index contributed by atoms with van der Waals surface area (Å²) >= 11 is 7.70. The van der Waals surface area contributed by atoms with Gasteiger partial charge in [0.05, 0.1) is 17.0 Å². The minimum absolute atomic E-state index is 0.135. The van der Waals surface area contributed by atoms with Gasteiger partial charge in [-0.25, -0.2) is 0 Å². The molecule has 2 heterocycles. The van der Waals surface area contributed by atoms with Gasteiger partial charge >= 0.3 is 0 Å². The van der Waals surface area contributed by atoms with Crippen molar-refractivity contribution in [2.24, 2.45) is 0 Å². The van der Waals surface area contributed by atoms with Crippen molar-refractivity contribution >= 4 is 34.5 Å². The second kappa shape index (κ2) is 4.36. The summed E-state index contributed by atoms with van der Waals surface area (Å²) in [5.74, 6) is 0.135. The first-order valence-electron chi connectivity index (χ1n) is 6.14. The van der Waals surface area contributed by atoms with Gasteiger partial charge in [-0.05, 0) is 30.9 Å². The van der Waals surface area contributed by atoms with Crippen molar-refractivity contribution in [2.75, 3.05) is 4.90 Å². The van der Waals surface area contributed by atoms with Crippen LogP contribution >= 0.6 is 22.9 Å². The summed E-state index contributed by atoms with van der Waals surface area (Å²) in [5.41, 5.74) is 2.64. The molecule has 0 atom stereocenters. The van der Waals surface area contributed by atoms with Crippen LogP contribution in [0.4, 0.5) is 5.69 Å². The highest BCUT2D eigenvalue weighted by molar-refractivity contribution is 7.08. The molecule has 0 spiro atoms. The molecule has 0 aliphatic carbocycles. The Bertz CT molecular complexity index is 647. The zero-order valence-corrected chi connectivity index (χ0v) is 12.4. The van der Waals surface area contributed by atoms with E-state index in [1.165, 1.54) is 0 Å². The number of carbonyl (C=O) groups excluding carboxylic acids is 1. The molecule has 0 N–H and O–H groups in total. The van der Waals surface area contributed by atoms with Gasteiger partial charge in [-0.1, -0.05) is 29.8 Å². The second-order valence-electron chi connectivity index (χ2n) is 5.28. The molecule has 2 aromatic rings. The maximum atomic E-state index is 12.6. The monoisotopic (exact) mass is 291 g/mol. The summed E-state index contributed by atoms with van der Waals surface area (Å²) in [6.07, 6.45) is 0. The van der Waals surface area contributed by atoms with Crippen LogP contribution in [-0.4, -0.2) is 5.91 Å². The Balaban J connectivity index is 2.04. The number of carbonyl (C=O) groups is 1. The maximum Gasteiger partial charge on any atom is 0.237 e. The summed E-state index contributed by atoms with van der Waals surface area (Å²) in [7, 11) is 0. The summed E-state index contributed by atoms with van der Waals surface area (Å²) in [4.78, 5) is 14.4. The lowest BCUT2D eigenvalue weighted by atomic mass is 9.86. The van der Waals surface area contributed by atoms with Crippen LogP contribution in [0.25, 0.3) is 0 Å². The number of benzene rings is 1. The van der Waals surface area contributed by atoms with Gasteiger partial charge < -0.3 is 4.90 Å². The molecule has 1 amide bonds. The van der Waals surface area contributed by atoms with Crippen LogP contribution in [0.15, 0.2) is 35.0 Å². The third-order valence-electron chi connectivity index (χ3n) is 3.67. The maximum absolute atomic E-state index is 12.6. The number of halogens is 1. The van der Waals surface area contributed by atoms with E-state index in [2.05, 4.69) is 0 Å². The molecule has 1 aromatic carbocycles. The minimum atomic E-state index is -0.459. The quantitative estimate of drug-likeness (QED) is 0.811. The Morgan fingerprint density at radius 1 is 1.26 bits per heavy atom. The SMILES string of the molecule is CC1(C)C(=O)N(Cc2cscc2Cl)c2ccccc21. The van der Waals surface area contributed by atoms with Gasteiger partial charge in [0.15, 0.2) is 0 Å². The highest BCUT2D eigenvalue weighted by Crippen LogP contribution is 2.42. The van der Waals surface area contributed by atoms with Crippen molar-refractivity contribution in [1.82, 2.24) is 0 Å². The fourth-order valence-electron chi connectivity index (χ4n) is 2.55. The van der Waals surface area contributed by atoms with Crippen LogP contribution in [0, 0.1) is 0 Å². The molecule has 4 heteroatoms. The molecule has 2 nitrogen and oxygen atoms in total. The fraction of sp³-hybridized carbons (Fsp3) is 0.267. The van der Waals surface area contributed by atoms with Gasteiger partial charge in [0.1, 0.15) is 0 Å². The van der Waals surface area contributed by atoms with Gasteiger partial charge in [-0.3, -0.25) is 4.79 Å². The molecular formula is C15H14ClNOS. The van der Waals surface area contributed by atoms with Gasteiger partial charge in [0.25, 0.3) is 0 Å². The predicted octanol–water partition coefficient (Wildman–Crippen LogP) is 4.23. The van der Waals surface area contributed by atoms with Crippen molar-refractivity contribution in [3.63, 3.8) is 0 Å². The highest BCUT2D eigenvalue weighted by atomic mass is 35.5. The molecule has 0 saturated heterocycles. The van der Waals surface area contributed by atoms with Crippen molar-refractivity contribution in [1.29, 1.82) is 0 Å². The smallest absolute Gasteiger partial charge is 0.237 e. The van der Waals surface area contributed by atoms with Crippen LogP contribution in [0.5, 0.6) is 0 Å². The van der Waals surface area contributed by atoms with E-state index in [9.17, 15) is 4.79 Å². The second-order valence-corrected chi connectivity index (χ2v) is 6.43. The number of fused-ring (bicyclic) bond motifs is 1. The Morgan fingerprint density at radius 3 is 2.68 bits per heavy atom. The Labute approximate surface area is 121 Å². The molecule has 0 fully saturated rings. The van der Waals surface area contributed by atoms with E-state index in [0.29, 0.717) is 6.54 Å². The Kier molecular flexibility index (Phi) is 2.91. The summed E-state index contributed by atoms with van der Waals surface area (Å²) in [6.45, 7) is 4.49. The predicted molar refractivity (Wildman–Crippen MR) is 80.0 cm³/mol. The molecule has 0 unspecified atom stereocenters. The van der Waals surface area contributed by atoms with E-state index in [1.807, 2.05) is 53.8 Å². The molecule has 19 heavy (non-hydrogen) atoms. The number of hydrogen-bond donors (Lipinski definition) is 0. The standard InChI is InChI=1S/C15H14ClNOS/c1-15(2)11-5-3-4-6-13(11)17(14(15)18)7-10-8-19-9-12(10)16/h3-6,8-9H,7H2,1-2H3. The van der Waals surface area contributed by atoms with Crippen LogP contribution in [0.1, 0.15) is 25.0 Å². The summed E-state index contributed by atoms with van der Waals surface area (Å²) < 4.78 is 0. The molecule has 98 valence electrons. The molecule has 1 aliphatic rings. The molecule has 1 aromatic heterocycles. The zero-order chi connectivity index (χ0) is 13.6. The fourth-order valence-corrected chi connectivity index (χ4v) is 3.59. The van der Waals surface area contributed by atoms with E-state index in [4.69, 9.17) is 11.6 Å². The molecule has 3 rings (SSSR count). The average Bonchev–Trinajstić information content (AvgIpc) is 2.87. The first kappa shape index (κ1) is 12.7. The lowest BCUT2D eigenvalue weighted by Gasteiger charge is -2.20. The number of para-hydroxylation sites is 1. The molecule has 0 saturated carbocycles.